The first kappa shape index (κ1) is 18.7. The van der Waals surface area contributed by atoms with Gasteiger partial charge in [0.1, 0.15) is 5.82 Å². The number of nitrogens with zero attached hydrogens (tertiary/aromatic N) is 3. The highest BCUT2D eigenvalue weighted by atomic mass is 32.1. The third-order valence-electron chi connectivity index (χ3n) is 4.03. The zero-order valence-corrected chi connectivity index (χ0v) is 16.3. The highest BCUT2D eigenvalue weighted by Crippen LogP contribution is 2.40. The first-order chi connectivity index (χ1) is 13.0. The van der Waals surface area contributed by atoms with Gasteiger partial charge in [0, 0.05) is 23.2 Å². The van der Waals surface area contributed by atoms with E-state index in [1.54, 1.807) is 38.8 Å². The van der Waals surface area contributed by atoms with Crippen LogP contribution in [0.15, 0.2) is 23.7 Å². The molecule has 2 N–H and O–H groups in total. The number of benzene rings is 1. The average Bonchev–Trinajstić information content (AvgIpc) is 3.17. The largest absolute Gasteiger partial charge is 0.493 e. The van der Waals surface area contributed by atoms with Gasteiger partial charge in [-0.25, -0.2) is 14.8 Å². The first-order valence-electron chi connectivity index (χ1n) is 8.16. The predicted molar refractivity (Wildman–Crippen MR) is 105 cm³/mol. The van der Waals surface area contributed by atoms with Crippen molar-refractivity contribution < 1.29 is 19.0 Å². The summed E-state index contributed by atoms with van der Waals surface area (Å²) in [6, 6.07) is 3.64. The van der Waals surface area contributed by atoms with Crippen LogP contribution >= 0.6 is 11.3 Å². The van der Waals surface area contributed by atoms with Crippen LogP contribution in [-0.4, -0.2) is 43.8 Å². The molecule has 142 valence electrons. The Kier molecular flexibility index (Phi) is 5.31. The number of methoxy groups -OCH3 is 2. The number of rotatable bonds is 6. The molecule has 27 heavy (non-hydrogen) atoms. The van der Waals surface area contributed by atoms with Crippen molar-refractivity contribution in [3.8, 4) is 11.5 Å². The van der Waals surface area contributed by atoms with E-state index in [1.165, 1.54) is 11.3 Å². The number of ether oxygens (including phenoxy) is 3. The maximum atomic E-state index is 11.9. The Morgan fingerprint density at radius 1 is 1.22 bits per heavy atom. The van der Waals surface area contributed by atoms with Crippen molar-refractivity contribution in [3.05, 3.63) is 29.4 Å². The number of fused-ring (bicyclic) bond motifs is 1. The second-order valence-electron chi connectivity index (χ2n) is 5.58. The molecule has 0 saturated carbocycles. The third kappa shape index (κ3) is 3.45. The number of aromatic nitrogens is 2. The van der Waals surface area contributed by atoms with E-state index in [0.29, 0.717) is 29.1 Å². The summed E-state index contributed by atoms with van der Waals surface area (Å²) in [5.41, 5.74) is 7.10. The zero-order chi connectivity index (χ0) is 19.6. The number of pyridine rings is 1. The van der Waals surface area contributed by atoms with Gasteiger partial charge in [0.05, 0.1) is 32.7 Å². The lowest BCUT2D eigenvalue weighted by molar-refractivity contribution is 0.0520. The van der Waals surface area contributed by atoms with Crippen molar-refractivity contribution in [1.82, 2.24) is 9.97 Å². The van der Waals surface area contributed by atoms with Crippen LogP contribution in [0.25, 0.3) is 10.8 Å². The molecule has 3 rings (SSSR count). The van der Waals surface area contributed by atoms with E-state index < -0.39 is 5.97 Å². The van der Waals surface area contributed by atoms with Crippen LogP contribution in [0.2, 0.25) is 0 Å². The number of anilines is 3. The van der Waals surface area contributed by atoms with Crippen LogP contribution in [0.5, 0.6) is 11.5 Å². The Bertz CT molecular complexity index is 989. The molecule has 3 aromatic rings. The summed E-state index contributed by atoms with van der Waals surface area (Å²) >= 11 is 1.34. The molecule has 2 aromatic heterocycles. The van der Waals surface area contributed by atoms with E-state index in [1.807, 2.05) is 18.0 Å². The molecule has 2 heterocycles. The van der Waals surface area contributed by atoms with Gasteiger partial charge >= 0.3 is 5.97 Å². The smallest absolute Gasteiger partial charge is 0.357 e. The normalized spacial score (nSPS) is 10.7. The van der Waals surface area contributed by atoms with Crippen LogP contribution in [0, 0.1) is 0 Å². The standard InChI is InChI=1S/C18H20N4O4S/c1-5-26-17(23)12-9-27-18(21-12)22(2)13-8-20-16(19)11-7-15(25-4)14(24-3)6-10(11)13/h6-9H,5H2,1-4H3,(H2,19,20). The maximum Gasteiger partial charge on any atom is 0.357 e. The molecule has 0 aliphatic heterocycles. The van der Waals surface area contributed by atoms with Gasteiger partial charge in [-0.15, -0.1) is 11.3 Å². The summed E-state index contributed by atoms with van der Waals surface area (Å²) in [4.78, 5) is 22.4. The molecule has 1 aromatic carbocycles. The summed E-state index contributed by atoms with van der Waals surface area (Å²) in [6.45, 7) is 2.06. The molecule has 0 spiro atoms. The van der Waals surface area contributed by atoms with Crippen LogP contribution in [0.4, 0.5) is 16.6 Å². The monoisotopic (exact) mass is 388 g/mol. The van der Waals surface area contributed by atoms with E-state index in [4.69, 9.17) is 19.9 Å². The fraction of sp³-hybridized carbons (Fsp3) is 0.278. The van der Waals surface area contributed by atoms with Gasteiger partial charge in [-0.3, -0.25) is 0 Å². The summed E-state index contributed by atoms with van der Waals surface area (Å²) in [7, 11) is 4.98. The van der Waals surface area contributed by atoms with E-state index in [0.717, 1.165) is 16.5 Å². The third-order valence-corrected chi connectivity index (χ3v) is 4.94. The molecule has 0 radical (unpaired) electrons. The SMILES string of the molecule is CCOC(=O)c1csc(N(C)c2cnc(N)c3cc(OC)c(OC)cc23)n1. The van der Waals surface area contributed by atoms with Crippen molar-refractivity contribution in [2.45, 2.75) is 6.92 Å². The van der Waals surface area contributed by atoms with Gasteiger partial charge in [-0.05, 0) is 19.1 Å². The van der Waals surface area contributed by atoms with Gasteiger partial charge in [-0.1, -0.05) is 0 Å². The zero-order valence-electron chi connectivity index (χ0n) is 15.5. The van der Waals surface area contributed by atoms with E-state index in [2.05, 4.69) is 9.97 Å². The number of hydrogen-bond donors (Lipinski definition) is 1. The minimum absolute atomic E-state index is 0.274. The lowest BCUT2D eigenvalue weighted by atomic mass is 10.1. The van der Waals surface area contributed by atoms with Gasteiger partial charge < -0.3 is 24.8 Å². The highest BCUT2D eigenvalue weighted by Gasteiger charge is 2.19. The van der Waals surface area contributed by atoms with Crippen molar-refractivity contribution >= 4 is 44.7 Å². The minimum Gasteiger partial charge on any atom is -0.493 e. The molecule has 0 atom stereocenters. The van der Waals surface area contributed by atoms with E-state index >= 15 is 0 Å². The summed E-state index contributed by atoms with van der Waals surface area (Å²) in [6.07, 6.45) is 1.66. The lowest BCUT2D eigenvalue weighted by Crippen LogP contribution is -2.12. The molecule has 0 aliphatic rings. The quantitative estimate of drug-likeness (QED) is 0.643. The first-order valence-corrected chi connectivity index (χ1v) is 9.04. The van der Waals surface area contributed by atoms with Gasteiger partial charge in [0.25, 0.3) is 0 Å². The lowest BCUT2D eigenvalue weighted by Gasteiger charge is -2.19. The van der Waals surface area contributed by atoms with Gasteiger partial charge in [-0.2, -0.15) is 0 Å². The Morgan fingerprint density at radius 2 is 1.89 bits per heavy atom. The van der Waals surface area contributed by atoms with Crippen molar-refractivity contribution in [3.63, 3.8) is 0 Å². The number of esters is 1. The molecule has 9 heteroatoms. The molecule has 0 fully saturated rings. The fourth-order valence-corrected chi connectivity index (χ4v) is 3.43. The van der Waals surface area contributed by atoms with E-state index in [9.17, 15) is 4.79 Å². The molecular formula is C18H20N4O4S. The van der Waals surface area contributed by atoms with Crippen LogP contribution in [0.3, 0.4) is 0 Å². The Labute approximate surface area is 160 Å². The summed E-state index contributed by atoms with van der Waals surface area (Å²) in [5, 5.41) is 3.86. The molecule has 0 unspecified atom stereocenters. The fourth-order valence-electron chi connectivity index (χ4n) is 2.66. The number of carbonyl (C=O) groups is 1. The molecule has 0 amide bonds. The van der Waals surface area contributed by atoms with Crippen molar-refractivity contribution in [2.75, 3.05) is 38.5 Å². The molecule has 8 nitrogen and oxygen atoms in total. The van der Waals surface area contributed by atoms with Crippen LogP contribution in [-0.2, 0) is 4.74 Å². The van der Waals surface area contributed by atoms with Crippen molar-refractivity contribution in [2.24, 2.45) is 0 Å². The second kappa shape index (κ2) is 7.67. The molecule has 0 aliphatic carbocycles. The van der Waals surface area contributed by atoms with E-state index in [-0.39, 0.29) is 5.69 Å². The Morgan fingerprint density at radius 3 is 2.52 bits per heavy atom. The van der Waals surface area contributed by atoms with Gasteiger partial charge in [0.15, 0.2) is 22.3 Å². The predicted octanol–water partition coefficient (Wildman–Crippen LogP) is 3.24. The van der Waals surface area contributed by atoms with Crippen LogP contribution < -0.4 is 20.1 Å². The Hall–Kier alpha value is -3.07. The number of carbonyl (C=O) groups excluding carboxylic acids is 1. The highest BCUT2D eigenvalue weighted by molar-refractivity contribution is 7.14. The second-order valence-corrected chi connectivity index (χ2v) is 6.41. The molecule has 0 saturated heterocycles. The van der Waals surface area contributed by atoms with Crippen LogP contribution in [0.1, 0.15) is 17.4 Å². The van der Waals surface area contributed by atoms with Crippen molar-refractivity contribution in [1.29, 1.82) is 0 Å². The topological polar surface area (TPSA) is 99.8 Å². The minimum atomic E-state index is -0.444. The maximum absolute atomic E-state index is 11.9. The molecular weight excluding hydrogens is 368 g/mol. The number of nitrogen functional groups attached to an aromatic ring is 1. The average molecular weight is 388 g/mol. The molecule has 0 bridgehead atoms. The number of hydrogen-bond acceptors (Lipinski definition) is 9. The Balaban J connectivity index is 2.08. The number of thiazole rings is 1. The summed E-state index contributed by atoms with van der Waals surface area (Å²) in [5.74, 6) is 1.09. The summed E-state index contributed by atoms with van der Waals surface area (Å²) < 4.78 is 15.8. The van der Waals surface area contributed by atoms with Gasteiger partial charge in [0.2, 0.25) is 0 Å². The number of nitrogens with two attached hydrogens (primary N) is 1.